The molecule has 0 radical (unpaired) electrons. The predicted molar refractivity (Wildman–Crippen MR) is 75.7 cm³/mol. The summed E-state index contributed by atoms with van der Waals surface area (Å²) in [4.78, 5) is 0. The summed E-state index contributed by atoms with van der Waals surface area (Å²) in [6, 6.07) is 8.82. The molecule has 0 aliphatic carbocycles. The van der Waals surface area contributed by atoms with Crippen molar-refractivity contribution in [1.82, 2.24) is 9.78 Å². The Morgan fingerprint density at radius 2 is 1.38 bits per heavy atom. The van der Waals surface area contributed by atoms with Crippen molar-refractivity contribution in [2.24, 2.45) is 0 Å². The van der Waals surface area contributed by atoms with Crippen LogP contribution in [0.3, 0.4) is 0 Å². The van der Waals surface area contributed by atoms with Crippen LogP contribution in [0.4, 0.5) is 0 Å². The zero-order valence-electron chi connectivity index (χ0n) is 10.8. The Morgan fingerprint density at radius 1 is 0.762 bits per heavy atom. The maximum atomic E-state index is 9.83. The Labute approximate surface area is 119 Å². The third-order valence-electron chi connectivity index (χ3n) is 3.07. The van der Waals surface area contributed by atoms with Gasteiger partial charge in [-0.1, -0.05) is 12.1 Å². The zero-order chi connectivity index (χ0) is 15.0. The molecular formula is C15H12N2O4. The van der Waals surface area contributed by atoms with Crippen LogP contribution in [0.1, 0.15) is 0 Å². The van der Waals surface area contributed by atoms with Crippen molar-refractivity contribution >= 4 is 0 Å². The molecule has 3 rings (SSSR count). The third-order valence-corrected chi connectivity index (χ3v) is 3.07. The first-order chi connectivity index (χ1) is 10.0. The lowest BCUT2D eigenvalue weighted by Crippen LogP contribution is -1.95. The van der Waals surface area contributed by atoms with E-state index in [1.165, 1.54) is 4.68 Å². The second kappa shape index (κ2) is 4.75. The summed E-state index contributed by atoms with van der Waals surface area (Å²) in [5, 5.41) is 42.3. The molecule has 6 nitrogen and oxygen atoms in total. The van der Waals surface area contributed by atoms with E-state index in [9.17, 15) is 20.4 Å². The van der Waals surface area contributed by atoms with E-state index < -0.39 is 0 Å². The van der Waals surface area contributed by atoms with Crippen LogP contribution >= 0.6 is 0 Å². The summed E-state index contributed by atoms with van der Waals surface area (Å²) >= 11 is 0. The Bertz CT molecular complexity index is 771. The molecule has 0 spiro atoms. The number of hydrogen-bond acceptors (Lipinski definition) is 5. The molecular weight excluding hydrogens is 272 g/mol. The van der Waals surface area contributed by atoms with Crippen molar-refractivity contribution in [2.45, 2.75) is 0 Å². The lowest BCUT2D eigenvalue weighted by molar-refractivity contribution is 0.422. The summed E-state index contributed by atoms with van der Waals surface area (Å²) in [5.74, 6) is -0.639. The van der Waals surface area contributed by atoms with Gasteiger partial charge in [-0.15, -0.1) is 0 Å². The highest BCUT2D eigenvalue weighted by Gasteiger charge is 2.13. The number of hydrogen-bond donors (Lipinski definition) is 4. The van der Waals surface area contributed by atoms with Crippen LogP contribution in [0.5, 0.6) is 23.0 Å². The van der Waals surface area contributed by atoms with Crippen LogP contribution in [-0.4, -0.2) is 30.2 Å². The number of aromatic nitrogens is 2. The Hall–Kier alpha value is -3.15. The van der Waals surface area contributed by atoms with E-state index in [1.807, 2.05) is 0 Å². The van der Waals surface area contributed by atoms with Gasteiger partial charge < -0.3 is 20.4 Å². The summed E-state index contributed by atoms with van der Waals surface area (Å²) in [7, 11) is 0. The van der Waals surface area contributed by atoms with Gasteiger partial charge in [-0.25, -0.2) is 4.68 Å². The lowest BCUT2D eigenvalue weighted by atomic mass is 10.1. The molecule has 106 valence electrons. The van der Waals surface area contributed by atoms with Crippen LogP contribution < -0.4 is 0 Å². The first-order valence-electron chi connectivity index (χ1n) is 6.14. The van der Waals surface area contributed by atoms with E-state index in [0.717, 1.165) is 23.3 Å². The molecule has 0 aliphatic heterocycles. The average molecular weight is 284 g/mol. The molecule has 1 heterocycles. The van der Waals surface area contributed by atoms with Gasteiger partial charge in [0.15, 0.2) is 0 Å². The van der Waals surface area contributed by atoms with Crippen LogP contribution in [0.2, 0.25) is 0 Å². The van der Waals surface area contributed by atoms with Gasteiger partial charge in [-0.3, -0.25) is 0 Å². The van der Waals surface area contributed by atoms with E-state index in [0.29, 0.717) is 0 Å². The molecule has 3 aromatic rings. The Kier molecular flexibility index (Phi) is 2.91. The molecule has 0 bridgehead atoms. The SMILES string of the molecule is Oc1ccc(-c2cnn(-c3c(O)cc(O)cc3O)c2)cc1. The highest BCUT2D eigenvalue weighted by Crippen LogP contribution is 2.35. The summed E-state index contributed by atoms with van der Waals surface area (Å²) in [6.45, 7) is 0. The minimum atomic E-state index is -0.284. The topological polar surface area (TPSA) is 98.7 Å². The van der Waals surface area contributed by atoms with Gasteiger partial charge in [-0.2, -0.15) is 5.10 Å². The van der Waals surface area contributed by atoms with Gasteiger partial charge in [0.1, 0.15) is 28.7 Å². The van der Waals surface area contributed by atoms with Crippen LogP contribution in [0, 0.1) is 0 Å². The Morgan fingerprint density at radius 3 is 2.00 bits per heavy atom. The molecule has 2 aromatic carbocycles. The molecule has 0 saturated heterocycles. The van der Waals surface area contributed by atoms with E-state index in [4.69, 9.17) is 0 Å². The maximum absolute atomic E-state index is 9.83. The summed E-state index contributed by atoms with van der Waals surface area (Å²) in [6.07, 6.45) is 3.19. The van der Waals surface area contributed by atoms with Crippen molar-refractivity contribution in [2.75, 3.05) is 0 Å². The van der Waals surface area contributed by atoms with Gasteiger partial charge in [0, 0.05) is 23.9 Å². The van der Waals surface area contributed by atoms with Crippen molar-refractivity contribution in [3.63, 3.8) is 0 Å². The molecule has 0 atom stereocenters. The Balaban J connectivity index is 2.05. The average Bonchev–Trinajstić information content (AvgIpc) is 2.87. The predicted octanol–water partition coefficient (Wildman–Crippen LogP) is 2.36. The fraction of sp³-hybridized carbons (Fsp3) is 0. The summed E-state index contributed by atoms with van der Waals surface area (Å²) < 4.78 is 1.31. The molecule has 0 saturated carbocycles. The van der Waals surface area contributed by atoms with E-state index in [2.05, 4.69) is 5.10 Å². The fourth-order valence-electron chi connectivity index (χ4n) is 2.07. The molecule has 6 heteroatoms. The number of aromatic hydroxyl groups is 4. The quantitative estimate of drug-likeness (QED) is 0.579. The van der Waals surface area contributed by atoms with E-state index in [1.54, 1.807) is 36.7 Å². The molecule has 0 unspecified atom stereocenters. The van der Waals surface area contributed by atoms with Gasteiger partial charge >= 0.3 is 0 Å². The number of benzene rings is 2. The number of phenolic OH excluding ortho intramolecular Hbond substituents is 4. The number of phenols is 4. The molecule has 4 N–H and O–H groups in total. The zero-order valence-corrected chi connectivity index (χ0v) is 10.8. The largest absolute Gasteiger partial charge is 0.508 e. The van der Waals surface area contributed by atoms with Crippen LogP contribution in [0.25, 0.3) is 16.8 Å². The highest BCUT2D eigenvalue weighted by molar-refractivity contribution is 5.65. The fourth-order valence-corrected chi connectivity index (χ4v) is 2.07. The molecule has 1 aromatic heterocycles. The van der Waals surface area contributed by atoms with E-state index >= 15 is 0 Å². The minimum absolute atomic E-state index is 0.0813. The van der Waals surface area contributed by atoms with Crippen LogP contribution in [-0.2, 0) is 0 Å². The second-order valence-corrected chi connectivity index (χ2v) is 4.55. The first kappa shape index (κ1) is 12.9. The van der Waals surface area contributed by atoms with Crippen molar-refractivity contribution < 1.29 is 20.4 Å². The van der Waals surface area contributed by atoms with Crippen molar-refractivity contribution in [1.29, 1.82) is 0 Å². The maximum Gasteiger partial charge on any atom is 0.148 e. The highest BCUT2D eigenvalue weighted by atomic mass is 16.3. The second-order valence-electron chi connectivity index (χ2n) is 4.55. The van der Waals surface area contributed by atoms with Gasteiger partial charge in [0.2, 0.25) is 0 Å². The van der Waals surface area contributed by atoms with Gasteiger partial charge in [0.25, 0.3) is 0 Å². The monoisotopic (exact) mass is 284 g/mol. The molecule has 21 heavy (non-hydrogen) atoms. The van der Waals surface area contributed by atoms with Gasteiger partial charge in [-0.05, 0) is 17.7 Å². The van der Waals surface area contributed by atoms with Crippen molar-refractivity contribution in [3.8, 4) is 39.8 Å². The number of rotatable bonds is 2. The molecule has 0 aliphatic rings. The standard InChI is InChI=1S/C15H12N2O4/c18-11-3-1-9(2-4-11)10-7-16-17(8-10)15-13(20)5-12(19)6-14(15)21/h1-8,18-21H. The molecule has 0 amide bonds. The molecule has 0 fully saturated rings. The van der Waals surface area contributed by atoms with Gasteiger partial charge in [0.05, 0.1) is 6.20 Å². The lowest BCUT2D eigenvalue weighted by Gasteiger charge is -2.07. The summed E-state index contributed by atoms with van der Waals surface area (Å²) in [5.41, 5.74) is 1.66. The number of nitrogens with zero attached hydrogens (tertiary/aromatic N) is 2. The normalized spacial score (nSPS) is 10.7. The van der Waals surface area contributed by atoms with Crippen LogP contribution in [0.15, 0.2) is 48.8 Å². The minimum Gasteiger partial charge on any atom is -0.508 e. The van der Waals surface area contributed by atoms with Crippen molar-refractivity contribution in [3.05, 3.63) is 48.8 Å². The smallest absolute Gasteiger partial charge is 0.148 e. The first-order valence-corrected chi connectivity index (χ1v) is 6.14. The van der Waals surface area contributed by atoms with E-state index in [-0.39, 0.29) is 28.7 Å². The third kappa shape index (κ3) is 2.34.